The van der Waals surface area contributed by atoms with Gasteiger partial charge in [0.25, 0.3) is 0 Å². The molecule has 0 spiro atoms. The molecule has 4 heteroatoms. The fourth-order valence-corrected chi connectivity index (χ4v) is 0.499. The van der Waals surface area contributed by atoms with E-state index in [1.54, 1.807) is 0 Å². The van der Waals surface area contributed by atoms with E-state index >= 15 is 0 Å². The number of rotatable bonds is 4. The van der Waals surface area contributed by atoms with Crippen LogP contribution in [0.2, 0.25) is 0 Å². The van der Waals surface area contributed by atoms with Gasteiger partial charge in [-0.05, 0) is 12.8 Å². The van der Waals surface area contributed by atoms with Crippen LogP contribution in [0.25, 0.3) is 0 Å². The lowest BCUT2D eigenvalue weighted by Crippen LogP contribution is -2.21. The first kappa shape index (κ1) is 9.39. The minimum Gasteiger partial charge on any atom is -0.460 e. The third-order valence-corrected chi connectivity index (χ3v) is 1.05. The molecule has 0 heterocycles. The number of esters is 1. The molecule has 0 aromatic carbocycles. The zero-order chi connectivity index (χ0) is 7.98. The summed E-state index contributed by atoms with van der Waals surface area (Å²) >= 11 is 0. The van der Waals surface area contributed by atoms with Crippen LogP contribution >= 0.6 is 0 Å². The fourth-order valence-electron chi connectivity index (χ4n) is 0.499. The van der Waals surface area contributed by atoms with Gasteiger partial charge in [-0.25, -0.2) is 4.79 Å². The SMILES string of the molecule is [CH2]OC(=O)C(O)CCCO. The van der Waals surface area contributed by atoms with Gasteiger partial charge in [0.15, 0.2) is 6.10 Å². The van der Waals surface area contributed by atoms with Gasteiger partial charge in [-0.15, -0.1) is 0 Å². The molecule has 0 aromatic heterocycles. The van der Waals surface area contributed by atoms with E-state index in [0.717, 1.165) is 0 Å². The highest BCUT2D eigenvalue weighted by Gasteiger charge is 2.13. The van der Waals surface area contributed by atoms with Crippen molar-refractivity contribution in [2.75, 3.05) is 6.61 Å². The lowest BCUT2D eigenvalue weighted by atomic mass is 10.2. The minimum atomic E-state index is -1.15. The van der Waals surface area contributed by atoms with E-state index in [4.69, 9.17) is 10.2 Å². The molecular formula is C6H11O4. The maximum Gasteiger partial charge on any atom is 0.335 e. The highest BCUT2D eigenvalue weighted by Crippen LogP contribution is 1.97. The first-order chi connectivity index (χ1) is 4.72. The molecule has 0 aromatic rings. The van der Waals surface area contributed by atoms with Crippen molar-refractivity contribution < 1.29 is 19.7 Å². The molecule has 0 saturated carbocycles. The molecule has 1 unspecified atom stereocenters. The Kier molecular flexibility index (Phi) is 4.88. The molecule has 4 nitrogen and oxygen atoms in total. The summed E-state index contributed by atoms with van der Waals surface area (Å²) in [6, 6.07) is 0. The number of hydrogen-bond donors (Lipinski definition) is 2. The Hall–Kier alpha value is -0.610. The molecule has 2 N–H and O–H groups in total. The topological polar surface area (TPSA) is 66.8 Å². The van der Waals surface area contributed by atoms with Crippen molar-refractivity contribution in [1.82, 2.24) is 0 Å². The van der Waals surface area contributed by atoms with Crippen molar-refractivity contribution in [3.05, 3.63) is 7.11 Å². The van der Waals surface area contributed by atoms with Crippen LogP contribution in [0.3, 0.4) is 0 Å². The molecule has 0 aliphatic heterocycles. The zero-order valence-electron chi connectivity index (χ0n) is 5.62. The van der Waals surface area contributed by atoms with Gasteiger partial charge in [-0.2, -0.15) is 0 Å². The summed E-state index contributed by atoms with van der Waals surface area (Å²) in [6.07, 6.45) is -0.550. The lowest BCUT2D eigenvalue weighted by Gasteiger charge is -2.05. The second-order valence-electron chi connectivity index (χ2n) is 1.85. The molecule has 0 amide bonds. The van der Waals surface area contributed by atoms with Gasteiger partial charge in [0.05, 0.1) is 0 Å². The average Bonchev–Trinajstić information content (AvgIpc) is 1.98. The summed E-state index contributed by atoms with van der Waals surface area (Å²) in [5, 5.41) is 17.1. The lowest BCUT2D eigenvalue weighted by molar-refractivity contribution is -0.148. The first-order valence-electron chi connectivity index (χ1n) is 2.97. The Balaban J connectivity index is 3.41. The van der Waals surface area contributed by atoms with Crippen LogP contribution in [-0.2, 0) is 9.53 Å². The number of carbonyl (C=O) groups is 1. The summed E-state index contributed by atoms with van der Waals surface area (Å²) in [7, 11) is 2.84. The zero-order valence-corrected chi connectivity index (χ0v) is 5.62. The van der Waals surface area contributed by atoms with Crippen LogP contribution in [-0.4, -0.2) is 28.9 Å². The smallest absolute Gasteiger partial charge is 0.335 e. The third-order valence-electron chi connectivity index (χ3n) is 1.05. The number of ether oxygens (including phenoxy) is 1. The van der Waals surface area contributed by atoms with E-state index in [9.17, 15) is 4.79 Å². The standard InChI is InChI=1S/C6H11O4/c1-10-6(9)5(8)3-2-4-7/h5,7-8H,1-4H2. The summed E-state index contributed by atoms with van der Waals surface area (Å²) < 4.78 is 3.99. The van der Waals surface area contributed by atoms with E-state index in [1.807, 2.05) is 0 Å². The van der Waals surface area contributed by atoms with Gasteiger partial charge in [0.1, 0.15) is 7.11 Å². The highest BCUT2D eigenvalue weighted by molar-refractivity contribution is 5.74. The molecule has 1 radical (unpaired) electrons. The number of aliphatic hydroxyl groups excluding tert-OH is 2. The van der Waals surface area contributed by atoms with Crippen molar-refractivity contribution in [3.63, 3.8) is 0 Å². The van der Waals surface area contributed by atoms with Crippen molar-refractivity contribution in [2.45, 2.75) is 18.9 Å². The van der Waals surface area contributed by atoms with Gasteiger partial charge >= 0.3 is 5.97 Å². The van der Waals surface area contributed by atoms with Crippen molar-refractivity contribution in [3.8, 4) is 0 Å². The van der Waals surface area contributed by atoms with Crippen LogP contribution < -0.4 is 0 Å². The second-order valence-corrected chi connectivity index (χ2v) is 1.85. The molecule has 0 bridgehead atoms. The van der Waals surface area contributed by atoms with Gasteiger partial charge in [-0.1, -0.05) is 0 Å². The Bertz CT molecular complexity index is 102. The monoisotopic (exact) mass is 147 g/mol. The molecule has 0 aliphatic carbocycles. The van der Waals surface area contributed by atoms with E-state index in [0.29, 0.717) is 6.42 Å². The largest absolute Gasteiger partial charge is 0.460 e. The quantitative estimate of drug-likeness (QED) is 0.524. The first-order valence-corrected chi connectivity index (χ1v) is 2.97. The molecule has 10 heavy (non-hydrogen) atoms. The summed E-state index contributed by atoms with van der Waals surface area (Å²) in [4.78, 5) is 10.4. The highest BCUT2D eigenvalue weighted by atomic mass is 16.5. The Morgan fingerprint density at radius 3 is 2.70 bits per heavy atom. The van der Waals surface area contributed by atoms with E-state index in [1.165, 1.54) is 0 Å². The fraction of sp³-hybridized carbons (Fsp3) is 0.667. The third kappa shape index (κ3) is 3.42. The average molecular weight is 147 g/mol. The predicted molar refractivity (Wildman–Crippen MR) is 33.8 cm³/mol. The molecule has 0 rings (SSSR count). The van der Waals surface area contributed by atoms with Gasteiger partial charge in [0, 0.05) is 6.61 Å². The van der Waals surface area contributed by atoms with Crippen LogP contribution in [0.5, 0.6) is 0 Å². The van der Waals surface area contributed by atoms with Gasteiger partial charge in [0.2, 0.25) is 0 Å². The van der Waals surface area contributed by atoms with Gasteiger partial charge in [-0.3, -0.25) is 0 Å². The number of carbonyl (C=O) groups excluding carboxylic acids is 1. The molecular weight excluding hydrogens is 136 g/mol. The maximum absolute atomic E-state index is 10.4. The molecule has 59 valence electrons. The van der Waals surface area contributed by atoms with E-state index in [2.05, 4.69) is 11.8 Å². The van der Waals surface area contributed by atoms with Crippen molar-refractivity contribution in [1.29, 1.82) is 0 Å². The van der Waals surface area contributed by atoms with Crippen molar-refractivity contribution in [2.24, 2.45) is 0 Å². The van der Waals surface area contributed by atoms with Crippen LogP contribution in [0.15, 0.2) is 0 Å². The predicted octanol–water partition coefficient (Wildman–Crippen LogP) is -0.545. The van der Waals surface area contributed by atoms with Crippen LogP contribution in [0.4, 0.5) is 0 Å². The summed E-state index contributed by atoms with van der Waals surface area (Å²) in [5.74, 6) is -0.756. The Morgan fingerprint density at radius 2 is 2.30 bits per heavy atom. The number of hydrogen-bond acceptors (Lipinski definition) is 4. The Labute approximate surface area is 59.4 Å². The summed E-state index contributed by atoms with van der Waals surface area (Å²) in [5.41, 5.74) is 0. The van der Waals surface area contributed by atoms with Crippen LogP contribution in [0, 0.1) is 7.11 Å². The van der Waals surface area contributed by atoms with E-state index < -0.39 is 12.1 Å². The molecule has 1 atom stereocenters. The molecule has 0 aliphatic rings. The minimum absolute atomic E-state index is 0.0402. The van der Waals surface area contributed by atoms with Crippen molar-refractivity contribution >= 4 is 5.97 Å². The summed E-state index contributed by atoms with van der Waals surface area (Å²) in [6.45, 7) is -0.0402. The molecule has 0 fully saturated rings. The second kappa shape index (κ2) is 5.20. The normalized spacial score (nSPS) is 12.7. The maximum atomic E-state index is 10.4. The molecule has 0 saturated heterocycles. The number of aliphatic hydroxyl groups is 2. The van der Waals surface area contributed by atoms with Gasteiger partial charge < -0.3 is 14.9 Å². The van der Waals surface area contributed by atoms with E-state index in [-0.39, 0.29) is 13.0 Å². The van der Waals surface area contributed by atoms with Crippen LogP contribution in [0.1, 0.15) is 12.8 Å². The Morgan fingerprint density at radius 1 is 1.70 bits per heavy atom.